The summed E-state index contributed by atoms with van der Waals surface area (Å²) in [5, 5.41) is 3.69. The molecule has 3 aromatic rings. The van der Waals surface area contributed by atoms with Crippen LogP contribution in [0.2, 0.25) is 0 Å². The van der Waals surface area contributed by atoms with Gasteiger partial charge in [-0.05, 0) is 55.5 Å². The largest absolute Gasteiger partial charge is 0.401 e. The molecule has 166 valence electrons. The minimum atomic E-state index is 0.244. The number of hydrogen-bond acceptors (Lipinski definition) is 2. The van der Waals surface area contributed by atoms with Crippen molar-refractivity contribution >= 4 is 5.69 Å². The molecule has 0 fully saturated rings. The van der Waals surface area contributed by atoms with Gasteiger partial charge in [0.25, 0.3) is 0 Å². The second-order valence-corrected chi connectivity index (χ2v) is 8.53. The van der Waals surface area contributed by atoms with Crippen molar-refractivity contribution in [2.45, 2.75) is 26.2 Å². The monoisotopic (exact) mass is 432 g/mol. The van der Waals surface area contributed by atoms with Crippen molar-refractivity contribution in [2.75, 3.05) is 5.32 Å². The zero-order valence-electron chi connectivity index (χ0n) is 19.2. The maximum Gasteiger partial charge on any atom is 0.0464 e. The van der Waals surface area contributed by atoms with E-state index in [-0.39, 0.29) is 5.92 Å². The first kappa shape index (κ1) is 22.4. The van der Waals surface area contributed by atoms with E-state index in [9.17, 15) is 0 Å². The van der Waals surface area contributed by atoms with E-state index in [0.717, 1.165) is 36.3 Å². The third-order valence-electron chi connectivity index (χ3n) is 5.92. The first-order valence-electron chi connectivity index (χ1n) is 11.7. The highest BCUT2D eigenvalue weighted by Crippen LogP contribution is 2.30. The van der Waals surface area contributed by atoms with E-state index in [4.69, 9.17) is 5.73 Å². The summed E-state index contributed by atoms with van der Waals surface area (Å²) in [7, 11) is 0. The van der Waals surface area contributed by atoms with Gasteiger partial charge in [0, 0.05) is 28.6 Å². The Bertz CT molecular complexity index is 1170. The fourth-order valence-electron chi connectivity index (χ4n) is 4.08. The van der Waals surface area contributed by atoms with Crippen molar-refractivity contribution in [2.24, 2.45) is 11.7 Å². The molecule has 0 heterocycles. The highest BCUT2D eigenvalue weighted by molar-refractivity contribution is 5.80. The second kappa shape index (κ2) is 11.2. The molecule has 1 unspecified atom stereocenters. The Hall–Kier alpha value is -3.78. The summed E-state index contributed by atoms with van der Waals surface area (Å²) in [6, 6.07) is 27.6. The van der Waals surface area contributed by atoms with Crippen molar-refractivity contribution in [3.63, 3.8) is 0 Å². The second-order valence-electron chi connectivity index (χ2n) is 8.53. The van der Waals surface area contributed by atoms with E-state index < -0.39 is 0 Å². The number of aryl methyl sites for hydroxylation is 1. The molecule has 3 N–H and O–H groups in total. The standard InChI is InChI=1S/C31H32N2/c1-24-18-21-31(29(22-24)26-14-10-5-11-15-26)33-28(20-19-25-12-6-4-7-13-25)23-30(32)27-16-8-2-3-9-17-27/h2-8,10-16,18,20-23,27,33H,9,17,19,32H2,1H3/b28-20+,30-23-. The van der Waals surface area contributed by atoms with E-state index >= 15 is 0 Å². The number of hydrogen-bond donors (Lipinski definition) is 2. The van der Waals surface area contributed by atoms with Gasteiger partial charge in [-0.2, -0.15) is 0 Å². The van der Waals surface area contributed by atoms with Gasteiger partial charge in [-0.1, -0.05) is 103 Å². The van der Waals surface area contributed by atoms with Crippen LogP contribution < -0.4 is 11.1 Å². The molecule has 4 rings (SSSR count). The fraction of sp³-hybridized carbons (Fsp3) is 0.161. The highest BCUT2D eigenvalue weighted by atomic mass is 14.9. The van der Waals surface area contributed by atoms with Crippen LogP contribution in [-0.2, 0) is 6.42 Å². The fourth-order valence-corrected chi connectivity index (χ4v) is 4.08. The first-order valence-corrected chi connectivity index (χ1v) is 11.7. The van der Waals surface area contributed by atoms with Crippen LogP contribution in [0.3, 0.4) is 0 Å². The van der Waals surface area contributed by atoms with Gasteiger partial charge in [-0.3, -0.25) is 0 Å². The summed E-state index contributed by atoms with van der Waals surface area (Å²) in [6.07, 6.45) is 15.9. The number of anilines is 1. The van der Waals surface area contributed by atoms with Gasteiger partial charge in [0.05, 0.1) is 0 Å². The highest BCUT2D eigenvalue weighted by Gasteiger charge is 2.11. The number of benzene rings is 3. The molecule has 2 heteroatoms. The number of allylic oxidation sites excluding steroid dienone is 6. The molecule has 0 spiro atoms. The van der Waals surface area contributed by atoms with Crippen molar-refractivity contribution in [3.8, 4) is 11.1 Å². The topological polar surface area (TPSA) is 38.0 Å². The first-order chi connectivity index (χ1) is 16.2. The van der Waals surface area contributed by atoms with Gasteiger partial charge >= 0.3 is 0 Å². The Morgan fingerprint density at radius 1 is 0.970 bits per heavy atom. The van der Waals surface area contributed by atoms with Crippen LogP contribution >= 0.6 is 0 Å². The van der Waals surface area contributed by atoms with Gasteiger partial charge in [0.1, 0.15) is 0 Å². The van der Waals surface area contributed by atoms with Gasteiger partial charge in [0.15, 0.2) is 0 Å². The van der Waals surface area contributed by atoms with Crippen LogP contribution in [0.4, 0.5) is 5.69 Å². The summed E-state index contributed by atoms with van der Waals surface area (Å²) in [6.45, 7) is 2.13. The summed E-state index contributed by atoms with van der Waals surface area (Å²) in [5.74, 6) is 0.244. The minimum absolute atomic E-state index is 0.244. The van der Waals surface area contributed by atoms with E-state index in [2.05, 4.69) is 128 Å². The third kappa shape index (κ3) is 6.36. The molecule has 0 amide bonds. The Morgan fingerprint density at radius 2 is 1.73 bits per heavy atom. The van der Waals surface area contributed by atoms with Crippen LogP contribution in [0, 0.1) is 12.8 Å². The van der Waals surface area contributed by atoms with Crippen molar-refractivity contribution < 1.29 is 0 Å². The lowest BCUT2D eigenvalue weighted by molar-refractivity contribution is 0.680. The van der Waals surface area contributed by atoms with E-state index in [1.54, 1.807) is 0 Å². The van der Waals surface area contributed by atoms with Crippen molar-refractivity contribution in [1.29, 1.82) is 0 Å². The number of nitrogens with one attached hydrogen (secondary N) is 1. The van der Waals surface area contributed by atoms with E-state index in [1.807, 2.05) is 0 Å². The van der Waals surface area contributed by atoms with E-state index in [0.29, 0.717) is 0 Å². The Labute approximate surface area is 197 Å². The van der Waals surface area contributed by atoms with Crippen molar-refractivity contribution in [3.05, 3.63) is 138 Å². The quantitative estimate of drug-likeness (QED) is 0.378. The zero-order chi connectivity index (χ0) is 22.9. The molecule has 0 bridgehead atoms. The SMILES string of the molecule is Cc1ccc(NC(/C=C(\N)C2C=CC=CCC2)=C/Cc2ccccc2)c(-c2ccccc2)c1. The Morgan fingerprint density at radius 3 is 2.52 bits per heavy atom. The van der Waals surface area contributed by atoms with Gasteiger partial charge in [-0.25, -0.2) is 0 Å². The molecule has 0 saturated heterocycles. The molecule has 0 saturated carbocycles. The molecule has 0 aromatic heterocycles. The molecule has 1 aliphatic carbocycles. The average molecular weight is 433 g/mol. The summed E-state index contributed by atoms with van der Waals surface area (Å²) < 4.78 is 0. The van der Waals surface area contributed by atoms with Gasteiger partial charge < -0.3 is 11.1 Å². The maximum absolute atomic E-state index is 6.62. The molecule has 33 heavy (non-hydrogen) atoms. The normalized spacial score (nSPS) is 16.5. The zero-order valence-corrected chi connectivity index (χ0v) is 19.2. The minimum Gasteiger partial charge on any atom is -0.401 e. The van der Waals surface area contributed by atoms with Crippen LogP contribution in [0.25, 0.3) is 11.1 Å². The molecule has 1 atom stereocenters. The van der Waals surface area contributed by atoms with Crippen molar-refractivity contribution in [1.82, 2.24) is 0 Å². The lowest BCUT2D eigenvalue weighted by atomic mass is 9.98. The third-order valence-corrected chi connectivity index (χ3v) is 5.92. The van der Waals surface area contributed by atoms with Crippen LogP contribution in [-0.4, -0.2) is 0 Å². The average Bonchev–Trinajstić information content (AvgIpc) is 3.14. The van der Waals surface area contributed by atoms with Gasteiger partial charge in [0.2, 0.25) is 0 Å². The smallest absolute Gasteiger partial charge is 0.0464 e. The van der Waals surface area contributed by atoms with Crippen LogP contribution in [0.1, 0.15) is 24.0 Å². The lowest BCUT2D eigenvalue weighted by Crippen LogP contribution is -2.12. The predicted molar refractivity (Wildman–Crippen MR) is 142 cm³/mol. The van der Waals surface area contributed by atoms with E-state index in [1.165, 1.54) is 22.3 Å². The van der Waals surface area contributed by atoms with Gasteiger partial charge in [-0.15, -0.1) is 0 Å². The molecule has 1 aliphatic rings. The number of rotatable bonds is 7. The molecule has 2 nitrogen and oxygen atoms in total. The molecule has 0 aliphatic heterocycles. The van der Waals surface area contributed by atoms with Crippen LogP contribution in [0.15, 0.2) is 127 Å². The molecule has 3 aromatic carbocycles. The Balaban J connectivity index is 1.67. The molecular weight excluding hydrogens is 400 g/mol. The summed E-state index contributed by atoms with van der Waals surface area (Å²) >= 11 is 0. The predicted octanol–water partition coefficient (Wildman–Crippen LogP) is 7.57. The molecular formula is C31H32N2. The van der Waals surface area contributed by atoms with Crippen LogP contribution in [0.5, 0.6) is 0 Å². The summed E-state index contributed by atoms with van der Waals surface area (Å²) in [5.41, 5.74) is 14.5. The summed E-state index contributed by atoms with van der Waals surface area (Å²) in [4.78, 5) is 0. The number of nitrogens with two attached hydrogens (primary N) is 1. The lowest BCUT2D eigenvalue weighted by Gasteiger charge is -2.17. The molecule has 0 radical (unpaired) electrons. The maximum atomic E-state index is 6.62. The Kier molecular flexibility index (Phi) is 7.60.